The summed E-state index contributed by atoms with van der Waals surface area (Å²) in [4.78, 5) is 19.2. The highest BCUT2D eigenvalue weighted by atomic mass is 16.5. The summed E-state index contributed by atoms with van der Waals surface area (Å²) >= 11 is 0. The van der Waals surface area contributed by atoms with Gasteiger partial charge in [-0.3, -0.25) is 4.79 Å². The lowest BCUT2D eigenvalue weighted by atomic mass is 9.96. The van der Waals surface area contributed by atoms with Gasteiger partial charge in [-0.25, -0.2) is 4.98 Å². The number of nitrogens with one attached hydrogen (secondary N) is 1. The van der Waals surface area contributed by atoms with Gasteiger partial charge in [-0.05, 0) is 11.5 Å². The monoisotopic (exact) mass is 310 g/mol. The van der Waals surface area contributed by atoms with Gasteiger partial charge in [0, 0.05) is 11.8 Å². The second kappa shape index (κ2) is 7.64. The van der Waals surface area contributed by atoms with Gasteiger partial charge in [0.05, 0.1) is 12.6 Å². The summed E-state index contributed by atoms with van der Waals surface area (Å²) in [5.41, 5.74) is 1.73. The maximum Gasteiger partial charge on any atom is 0.307 e. The van der Waals surface area contributed by atoms with E-state index in [2.05, 4.69) is 42.6 Å². The van der Waals surface area contributed by atoms with E-state index in [0.29, 0.717) is 19.4 Å². The number of benzene rings is 1. The Morgan fingerprint density at radius 3 is 2.65 bits per heavy atom. The van der Waals surface area contributed by atoms with Gasteiger partial charge in [0.15, 0.2) is 0 Å². The summed E-state index contributed by atoms with van der Waals surface area (Å²) in [6.45, 7) is 6.58. The Hall–Kier alpha value is -2.54. The van der Waals surface area contributed by atoms with Gasteiger partial charge >= 0.3 is 5.97 Å². The van der Waals surface area contributed by atoms with Crippen LogP contribution in [0.5, 0.6) is 0 Å². The maximum atomic E-state index is 11.7. The summed E-state index contributed by atoms with van der Waals surface area (Å²) in [5.74, 6) is 6.64. The zero-order valence-electron chi connectivity index (χ0n) is 13.8. The third-order valence-electron chi connectivity index (χ3n) is 3.21. The van der Waals surface area contributed by atoms with E-state index < -0.39 is 0 Å². The van der Waals surface area contributed by atoms with E-state index >= 15 is 0 Å². The normalized spacial score (nSPS) is 10.7. The highest BCUT2D eigenvalue weighted by Crippen LogP contribution is 2.17. The van der Waals surface area contributed by atoms with Crippen molar-refractivity contribution in [1.29, 1.82) is 0 Å². The fourth-order valence-corrected chi connectivity index (χ4v) is 1.90. The average Bonchev–Trinajstić information content (AvgIpc) is 3.00. The SMILES string of the molecule is CC(C)(C)c1ncc(C#CCCC(=O)OCc2ccccc2)[nH]1. The first-order chi connectivity index (χ1) is 10.9. The topological polar surface area (TPSA) is 55.0 Å². The van der Waals surface area contributed by atoms with Crippen LogP contribution in [-0.2, 0) is 21.6 Å². The van der Waals surface area contributed by atoms with E-state index in [1.165, 1.54) is 0 Å². The van der Waals surface area contributed by atoms with E-state index in [4.69, 9.17) is 4.74 Å². The Bertz CT molecular complexity index is 700. The number of rotatable bonds is 4. The molecule has 0 fully saturated rings. The van der Waals surface area contributed by atoms with E-state index in [1.54, 1.807) is 6.20 Å². The van der Waals surface area contributed by atoms with Crippen molar-refractivity contribution in [3.63, 3.8) is 0 Å². The molecule has 0 aliphatic rings. The molecule has 0 radical (unpaired) electrons. The molecule has 120 valence electrons. The minimum absolute atomic E-state index is 0.0266. The number of H-pyrrole nitrogens is 1. The zero-order chi connectivity index (χ0) is 16.7. The third-order valence-corrected chi connectivity index (χ3v) is 3.21. The smallest absolute Gasteiger partial charge is 0.307 e. The van der Waals surface area contributed by atoms with E-state index in [1.807, 2.05) is 30.3 Å². The number of hydrogen-bond acceptors (Lipinski definition) is 3. The van der Waals surface area contributed by atoms with E-state index in [0.717, 1.165) is 17.1 Å². The van der Waals surface area contributed by atoms with Crippen molar-refractivity contribution in [2.45, 2.75) is 45.6 Å². The largest absolute Gasteiger partial charge is 0.461 e. The molecule has 2 aromatic rings. The molecule has 0 aliphatic carbocycles. The molecule has 0 spiro atoms. The Kier molecular flexibility index (Phi) is 5.59. The van der Waals surface area contributed by atoms with Crippen LogP contribution in [0.3, 0.4) is 0 Å². The predicted octanol–water partition coefficient (Wildman–Crippen LogP) is 3.58. The van der Waals surface area contributed by atoms with Gasteiger partial charge in [-0.2, -0.15) is 0 Å². The molecule has 2 rings (SSSR count). The number of aromatic nitrogens is 2. The van der Waals surface area contributed by atoms with Gasteiger partial charge in [0.1, 0.15) is 18.1 Å². The molecule has 1 heterocycles. The van der Waals surface area contributed by atoms with Gasteiger partial charge in [-0.15, -0.1) is 0 Å². The molecule has 1 aromatic carbocycles. The lowest BCUT2D eigenvalue weighted by molar-refractivity contribution is -0.144. The molecule has 23 heavy (non-hydrogen) atoms. The summed E-state index contributed by atoms with van der Waals surface area (Å²) in [6, 6.07) is 9.63. The molecule has 0 amide bonds. The van der Waals surface area contributed by atoms with Crippen molar-refractivity contribution in [2.75, 3.05) is 0 Å². The van der Waals surface area contributed by atoms with E-state index in [9.17, 15) is 4.79 Å². The van der Waals surface area contributed by atoms with Crippen LogP contribution in [0, 0.1) is 11.8 Å². The minimum Gasteiger partial charge on any atom is -0.461 e. The van der Waals surface area contributed by atoms with Gasteiger partial charge < -0.3 is 9.72 Å². The van der Waals surface area contributed by atoms with Crippen molar-refractivity contribution in [3.8, 4) is 11.8 Å². The first-order valence-corrected chi connectivity index (χ1v) is 7.69. The van der Waals surface area contributed by atoms with Gasteiger partial charge in [-0.1, -0.05) is 57.0 Å². The van der Waals surface area contributed by atoms with Crippen molar-refractivity contribution >= 4 is 5.97 Å². The number of carbonyl (C=O) groups excluding carboxylic acids is 1. The molecule has 0 saturated carbocycles. The second-order valence-electron chi connectivity index (χ2n) is 6.34. The Morgan fingerprint density at radius 2 is 2.00 bits per heavy atom. The van der Waals surface area contributed by atoms with E-state index in [-0.39, 0.29) is 11.4 Å². The summed E-state index contributed by atoms with van der Waals surface area (Å²) in [5, 5.41) is 0. The summed E-state index contributed by atoms with van der Waals surface area (Å²) in [7, 11) is 0. The van der Waals surface area contributed by atoms with Crippen LogP contribution >= 0.6 is 0 Å². The van der Waals surface area contributed by atoms with Crippen LogP contribution in [0.25, 0.3) is 0 Å². The van der Waals surface area contributed by atoms with Gasteiger partial charge in [0.25, 0.3) is 0 Å². The van der Waals surface area contributed by atoms with Crippen LogP contribution in [0.1, 0.15) is 50.7 Å². The minimum atomic E-state index is -0.233. The highest BCUT2D eigenvalue weighted by molar-refractivity contribution is 5.69. The highest BCUT2D eigenvalue weighted by Gasteiger charge is 2.16. The number of carbonyl (C=O) groups is 1. The number of aromatic amines is 1. The van der Waals surface area contributed by atoms with Crippen molar-refractivity contribution in [3.05, 3.63) is 53.6 Å². The molecule has 1 aromatic heterocycles. The number of ether oxygens (including phenoxy) is 1. The first-order valence-electron chi connectivity index (χ1n) is 7.69. The number of nitrogens with zero attached hydrogens (tertiary/aromatic N) is 1. The second-order valence-corrected chi connectivity index (χ2v) is 6.34. The first kappa shape index (κ1) is 16.8. The molecule has 0 bridgehead atoms. The Labute approximate surface area is 137 Å². The number of esters is 1. The standard InChI is InChI=1S/C19H22N2O2/c1-19(2,3)18-20-13-16(21-18)11-7-8-12-17(22)23-14-15-9-5-4-6-10-15/h4-6,9-10,13H,8,12,14H2,1-3H3,(H,20,21). The molecular weight excluding hydrogens is 288 g/mol. The third kappa shape index (κ3) is 5.63. The van der Waals surface area contributed by atoms with Gasteiger partial charge in [0.2, 0.25) is 0 Å². The van der Waals surface area contributed by atoms with Crippen LogP contribution in [-0.4, -0.2) is 15.9 Å². The molecule has 0 saturated heterocycles. The quantitative estimate of drug-likeness (QED) is 0.693. The zero-order valence-corrected chi connectivity index (χ0v) is 13.8. The Balaban J connectivity index is 1.75. The summed E-state index contributed by atoms with van der Waals surface area (Å²) in [6.07, 6.45) is 2.49. The molecule has 0 unspecified atom stereocenters. The maximum absolute atomic E-state index is 11.7. The average molecular weight is 310 g/mol. The molecular formula is C19H22N2O2. The molecule has 0 atom stereocenters. The fraction of sp³-hybridized carbons (Fsp3) is 0.368. The molecule has 0 aliphatic heterocycles. The lowest BCUT2D eigenvalue weighted by Gasteiger charge is -2.13. The van der Waals surface area contributed by atoms with Crippen LogP contribution in [0.15, 0.2) is 36.5 Å². The molecule has 4 nitrogen and oxygen atoms in total. The predicted molar refractivity (Wildman–Crippen MR) is 89.6 cm³/mol. The molecule has 4 heteroatoms. The molecule has 1 N–H and O–H groups in total. The van der Waals surface area contributed by atoms with Crippen LogP contribution in [0.2, 0.25) is 0 Å². The van der Waals surface area contributed by atoms with Crippen LogP contribution < -0.4 is 0 Å². The fourth-order valence-electron chi connectivity index (χ4n) is 1.90. The van der Waals surface area contributed by atoms with Crippen molar-refractivity contribution < 1.29 is 9.53 Å². The summed E-state index contributed by atoms with van der Waals surface area (Å²) < 4.78 is 5.20. The van der Waals surface area contributed by atoms with Crippen molar-refractivity contribution in [2.24, 2.45) is 0 Å². The van der Waals surface area contributed by atoms with Crippen LogP contribution in [0.4, 0.5) is 0 Å². The van der Waals surface area contributed by atoms with Crippen molar-refractivity contribution in [1.82, 2.24) is 9.97 Å². The number of hydrogen-bond donors (Lipinski definition) is 1. The lowest BCUT2D eigenvalue weighted by Crippen LogP contribution is -2.13. The number of imidazole rings is 1. The Morgan fingerprint density at radius 1 is 1.26 bits per heavy atom.